The normalized spacial score (nSPS) is 26.2. The number of hydrogen-bond donors (Lipinski definition) is 1. The quantitative estimate of drug-likeness (QED) is 0.782. The SMILES string of the molecule is CN(CC(O)COCC1=CCC2CC1C2(C)C)c1ccccc1. The van der Waals surface area contributed by atoms with Crippen molar-refractivity contribution in [1.82, 2.24) is 0 Å². The minimum atomic E-state index is -0.466. The smallest absolute Gasteiger partial charge is 0.0948 e. The molecule has 126 valence electrons. The molecule has 3 aliphatic rings. The minimum absolute atomic E-state index is 0.394. The fourth-order valence-electron chi connectivity index (χ4n) is 4.11. The van der Waals surface area contributed by atoms with Crippen LogP contribution in [0, 0.1) is 17.3 Å². The number of anilines is 1. The first-order valence-corrected chi connectivity index (χ1v) is 8.69. The Morgan fingerprint density at radius 2 is 2.04 bits per heavy atom. The van der Waals surface area contributed by atoms with Gasteiger partial charge in [0.1, 0.15) is 0 Å². The first-order chi connectivity index (χ1) is 11.0. The van der Waals surface area contributed by atoms with E-state index in [0.29, 0.717) is 31.1 Å². The molecule has 4 rings (SSSR count). The van der Waals surface area contributed by atoms with E-state index in [4.69, 9.17) is 4.74 Å². The van der Waals surface area contributed by atoms with Crippen molar-refractivity contribution in [2.24, 2.45) is 17.3 Å². The zero-order valence-corrected chi connectivity index (χ0v) is 14.5. The summed E-state index contributed by atoms with van der Waals surface area (Å²) in [5, 5.41) is 10.2. The van der Waals surface area contributed by atoms with Crippen LogP contribution in [0.1, 0.15) is 26.7 Å². The van der Waals surface area contributed by atoms with Crippen LogP contribution in [0.15, 0.2) is 42.0 Å². The van der Waals surface area contributed by atoms with Crippen molar-refractivity contribution in [1.29, 1.82) is 0 Å². The molecule has 0 aromatic heterocycles. The van der Waals surface area contributed by atoms with Gasteiger partial charge < -0.3 is 14.7 Å². The molecule has 1 aromatic rings. The Kier molecular flexibility index (Phi) is 4.79. The Hall–Kier alpha value is -1.32. The maximum Gasteiger partial charge on any atom is 0.0948 e. The van der Waals surface area contributed by atoms with E-state index in [1.807, 2.05) is 25.2 Å². The maximum atomic E-state index is 10.2. The van der Waals surface area contributed by atoms with Gasteiger partial charge in [-0.25, -0.2) is 0 Å². The Morgan fingerprint density at radius 1 is 1.30 bits per heavy atom. The summed E-state index contributed by atoms with van der Waals surface area (Å²) in [7, 11) is 2.00. The van der Waals surface area contributed by atoms with Gasteiger partial charge in [-0.1, -0.05) is 38.1 Å². The molecule has 3 aliphatic carbocycles. The highest BCUT2D eigenvalue weighted by Crippen LogP contribution is 2.59. The molecule has 1 fully saturated rings. The van der Waals surface area contributed by atoms with Crippen LogP contribution < -0.4 is 4.90 Å². The molecule has 3 heteroatoms. The van der Waals surface area contributed by atoms with Crippen LogP contribution in [0.4, 0.5) is 5.69 Å². The fourth-order valence-corrected chi connectivity index (χ4v) is 4.11. The molecule has 1 saturated carbocycles. The molecule has 23 heavy (non-hydrogen) atoms. The van der Waals surface area contributed by atoms with Gasteiger partial charge in [-0.15, -0.1) is 0 Å². The predicted molar refractivity (Wildman–Crippen MR) is 94.6 cm³/mol. The lowest BCUT2D eigenvalue weighted by molar-refractivity contribution is -0.0230. The van der Waals surface area contributed by atoms with E-state index in [2.05, 4.69) is 37.0 Å². The van der Waals surface area contributed by atoms with Crippen LogP contribution in [0.25, 0.3) is 0 Å². The van der Waals surface area contributed by atoms with Crippen LogP contribution in [0.5, 0.6) is 0 Å². The number of allylic oxidation sites excluding steroid dienone is 1. The van der Waals surface area contributed by atoms with Gasteiger partial charge in [-0.2, -0.15) is 0 Å². The molecule has 1 aromatic carbocycles. The molecule has 3 nitrogen and oxygen atoms in total. The minimum Gasteiger partial charge on any atom is -0.389 e. The number of likely N-dealkylation sites (N-methyl/N-ethyl adjacent to an activating group) is 1. The largest absolute Gasteiger partial charge is 0.389 e. The van der Waals surface area contributed by atoms with Gasteiger partial charge in [-0.05, 0) is 47.8 Å². The summed E-state index contributed by atoms with van der Waals surface area (Å²) in [6, 6.07) is 10.1. The van der Waals surface area contributed by atoms with Crippen LogP contribution in [0.2, 0.25) is 0 Å². The molecule has 0 saturated heterocycles. The first-order valence-electron chi connectivity index (χ1n) is 8.69. The van der Waals surface area contributed by atoms with Gasteiger partial charge in [0.05, 0.1) is 19.3 Å². The van der Waals surface area contributed by atoms with Crippen LogP contribution >= 0.6 is 0 Å². The number of aliphatic hydroxyl groups is 1. The van der Waals surface area contributed by atoms with E-state index >= 15 is 0 Å². The lowest BCUT2D eigenvalue weighted by atomic mass is 9.49. The number of nitrogens with zero attached hydrogens (tertiary/aromatic N) is 1. The Morgan fingerprint density at radius 3 is 2.70 bits per heavy atom. The van der Waals surface area contributed by atoms with Crippen molar-refractivity contribution in [2.75, 3.05) is 31.7 Å². The third-order valence-electron chi connectivity index (χ3n) is 5.84. The average molecular weight is 315 g/mol. The third kappa shape index (κ3) is 3.46. The first kappa shape index (κ1) is 16.5. The van der Waals surface area contributed by atoms with Crippen LogP contribution in [-0.2, 0) is 4.74 Å². The summed E-state index contributed by atoms with van der Waals surface area (Å²) in [4.78, 5) is 2.06. The summed E-state index contributed by atoms with van der Waals surface area (Å²) < 4.78 is 5.82. The molecular weight excluding hydrogens is 286 g/mol. The van der Waals surface area contributed by atoms with Crippen molar-refractivity contribution in [3.63, 3.8) is 0 Å². The second-order valence-electron chi connectivity index (χ2n) is 7.71. The standard InChI is InChI=1S/C20H29NO2/c1-20(2)16-10-9-15(19(20)11-16)13-23-14-18(22)12-21(3)17-7-5-4-6-8-17/h4-9,16,18-19,22H,10-14H2,1-3H3. The molecular formula is C20H29NO2. The van der Waals surface area contributed by atoms with Gasteiger partial charge in [0.15, 0.2) is 0 Å². The number of fused-ring (bicyclic) bond motifs is 1. The summed E-state index contributed by atoms with van der Waals surface area (Å²) >= 11 is 0. The van der Waals surface area contributed by atoms with Gasteiger partial charge in [0.25, 0.3) is 0 Å². The molecule has 0 amide bonds. The summed E-state index contributed by atoms with van der Waals surface area (Å²) in [6.45, 7) is 6.41. The number of hydrogen-bond acceptors (Lipinski definition) is 3. The number of benzene rings is 1. The molecule has 3 unspecified atom stereocenters. The highest BCUT2D eigenvalue weighted by molar-refractivity contribution is 5.45. The predicted octanol–water partition coefficient (Wildman–Crippen LogP) is 3.49. The van der Waals surface area contributed by atoms with Gasteiger partial charge in [0.2, 0.25) is 0 Å². The van der Waals surface area contributed by atoms with E-state index in [9.17, 15) is 5.11 Å². The highest BCUT2D eigenvalue weighted by atomic mass is 16.5. The second-order valence-corrected chi connectivity index (χ2v) is 7.71. The maximum absolute atomic E-state index is 10.2. The molecule has 1 N–H and O–H groups in total. The van der Waals surface area contributed by atoms with E-state index in [1.54, 1.807) is 0 Å². The van der Waals surface area contributed by atoms with Crippen molar-refractivity contribution in [3.05, 3.63) is 42.0 Å². The zero-order chi connectivity index (χ0) is 16.4. The van der Waals surface area contributed by atoms with Crippen molar-refractivity contribution < 1.29 is 9.84 Å². The average Bonchev–Trinajstić information content (AvgIpc) is 2.55. The molecule has 2 bridgehead atoms. The Labute approximate surface area is 140 Å². The molecule has 0 radical (unpaired) electrons. The van der Waals surface area contributed by atoms with E-state index < -0.39 is 6.10 Å². The Bertz CT molecular complexity index is 552. The number of aliphatic hydroxyl groups excluding tert-OH is 1. The summed E-state index contributed by atoms with van der Waals surface area (Å²) in [5.41, 5.74) is 3.00. The molecule has 0 heterocycles. The lowest BCUT2D eigenvalue weighted by Gasteiger charge is -2.56. The number of para-hydroxylation sites is 1. The highest BCUT2D eigenvalue weighted by Gasteiger charge is 2.50. The topological polar surface area (TPSA) is 32.7 Å². The van der Waals surface area contributed by atoms with Crippen LogP contribution in [-0.4, -0.2) is 38.0 Å². The molecule has 0 aliphatic heterocycles. The second kappa shape index (κ2) is 6.66. The Balaban J connectivity index is 1.42. The van der Waals surface area contributed by atoms with Crippen molar-refractivity contribution >= 4 is 5.69 Å². The van der Waals surface area contributed by atoms with Gasteiger partial charge in [0, 0.05) is 19.3 Å². The molecule has 0 spiro atoms. The number of rotatable bonds is 7. The van der Waals surface area contributed by atoms with E-state index in [1.165, 1.54) is 18.4 Å². The monoisotopic (exact) mass is 315 g/mol. The summed E-state index contributed by atoms with van der Waals surface area (Å²) in [5.74, 6) is 1.55. The van der Waals surface area contributed by atoms with Crippen LogP contribution in [0.3, 0.4) is 0 Å². The lowest BCUT2D eigenvalue weighted by Crippen LogP contribution is -2.48. The van der Waals surface area contributed by atoms with Gasteiger partial charge in [-0.3, -0.25) is 0 Å². The van der Waals surface area contributed by atoms with Crippen molar-refractivity contribution in [3.8, 4) is 0 Å². The summed E-state index contributed by atoms with van der Waals surface area (Å²) in [6.07, 6.45) is 4.42. The van der Waals surface area contributed by atoms with Gasteiger partial charge >= 0.3 is 0 Å². The molecule has 3 atom stereocenters. The van der Waals surface area contributed by atoms with Crippen molar-refractivity contribution in [2.45, 2.75) is 32.8 Å². The van der Waals surface area contributed by atoms with E-state index in [-0.39, 0.29) is 0 Å². The third-order valence-corrected chi connectivity index (χ3v) is 5.84. The van der Waals surface area contributed by atoms with E-state index in [0.717, 1.165) is 11.6 Å². The zero-order valence-electron chi connectivity index (χ0n) is 14.5. The fraction of sp³-hybridized carbons (Fsp3) is 0.600. The number of ether oxygens (including phenoxy) is 1.